The first-order valence-corrected chi connectivity index (χ1v) is 21.2. The van der Waals surface area contributed by atoms with E-state index in [0.717, 1.165) is 11.4 Å². The Morgan fingerprint density at radius 3 is 1.05 bits per heavy atom. The molecule has 0 fully saturated rings. The van der Waals surface area contributed by atoms with Crippen LogP contribution in [0.2, 0.25) is 0 Å². The fourth-order valence-corrected chi connectivity index (χ4v) is 9.75. The van der Waals surface area contributed by atoms with Gasteiger partial charge in [0, 0.05) is 45.0 Å². The largest absolute Gasteiger partial charge is 0.310 e. The molecule has 0 saturated carbocycles. The molecule has 292 valence electrons. The first kappa shape index (κ1) is 37.4. The molecule has 0 amide bonds. The molecule has 2 nitrogen and oxygen atoms in total. The van der Waals surface area contributed by atoms with Gasteiger partial charge in [0.1, 0.15) is 0 Å². The van der Waals surface area contributed by atoms with E-state index < -0.39 is 0 Å². The lowest BCUT2D eigenvalue weighted by atomic mass is 9.81. The normalized spacial score (nSPS) is 14.0. The second-order valence-corrected chi connectivity index (χ2v) is 17.7. The second kappa shape index (κ2) is 14.4. The van der Waals surface area contributed by atoms with Crippen molar-refractivity contribution in [1.29, 1.82) is 0 Å². The number of nitrogens with zero attached hydrogens (tertiary/aromatic N) is 2. The van der Waals surface area contributed by atoms with Gasteiger partial charge in [0.25, 0.3) is 0 Å². The summed E-state index contributed by atoms with van der Waals surface area (Å²) in [4.78, 5) is 4.75. The lowest BCUT2D eigenvalue weighted by Gasteiger charge is -2.28. The minimum Gasteiger partial charge on any atom is -0.310 e. The summed E-state index contributed by atoms with van der Waals surface area (Å²) in [6, 6.07) is 67.0. The van der Waals surface area contributed by atoms with Gasteiger partial charge in [-0.3, -0.25) is 0 Å². The Hall–Kier alpha value is -6.90. The highest BCUT2D eigenvalue weighted by Gasteiger charge is 2.37. The molecule has 0 unspecified atom stereocenters. The molecule has 10 rings (SSSR count). The summed E-state index contributed by atoms with van der Waals surface area (Å²) >= 11 is 0. The molecule has 0 N–H and O–H groups in total. The lowest BCUT2D eigenvalue weighted by molar-refractivity contribution is 0.660. The van der Waals surface area contributed by atoms with Crippen LogP contribution in [0.1, 0.15) is 72.2 Å². The van der Waals surface area contributed by atoms with E-state index in [4.69, 9.17) is 0 Å². The smallest absolute Gasteiger partial charge is 0.0465 e. The number of anilines is 6. The standard InChI is InChI=1S/C58H50N2/c1-39-15-13-21-45(33-39)60(46-22-14-16-40(2)34-46)48-28-32-52-50-30-26-42(36-54(50)58(5,6)56(52)38-48)24-23-41-25-29-49-51-31-27-47(37-55(51)57(3,4)53(49)35-41)59(43-17-9-7-10-18-43)44-19-11-8-12-20-44/h7-38H,1-6H3. The third kappa shape index (κ3) is 6.35. The summed E-state index contributed by atoms with van der Waals surface area (Å²) in [5.41, 5.74) is 22.3. The minimum atomic E-state index is -0.159. The highest BCUT2D eigenvalue weighted by atomic mass is 15.1. The molecular formula is C58H50N2. The summed E-state index contributed by atoms with van der Waals surface area (Å²) < 4.78 is 0. The van der Waals surface area contributed by atoms with Crippen LogP contribution in [0.4, 0.5) is 34.1 Å². The summed E-state index contributed by atoms with van der Waals surface area (Å²) in [6.45, 7) is 13.8. The van der Waals surface area contributed by atoms with E-state index >= 15 is 0 Å². The van der Waals surface area contributed by atoms with E-state index in [1.807, 2.05) is 0 Å². The van der Waals surface area contributed by atoms with E-state index in [1.165, 1.54) is 89.5 Å². The topological polar surface area (TPSA) is 6.48 Å². The van der Waals surface area contributed by atoms with Crippen LogP contribution >= 0.6 is 0 Å². The van der Waals surface area contributed by atoms with E-state index in [2.05, 4.69) is 245 Å². The van der Waals surface area contributed by atoms with Crippen molar-refractivity contribution in [3.63, 3.8) is 0 Å². The quantitative estimate of drug-likeness (QED) is 0.142. The number of hydrogen-bond donors (Lipinski definition) is 0. The molecule has 0 saturated heterocycles. The minimum absolute atomic E-state index is 0.153. The first-order chi connectivity index (χ1) is 29.1. The third-order valence-electron chi connectivity index (χ3n) is 12.9. The van der Waals surface area contributed by atoms with Gasteiger partial charge in [0.2, 0.25) is 0 Å². The van der Waals surface area contributed by atoms with Crippen LogP contribution in [0.3, 0.4) is 0 Å². The van der Waals surface area contributed by atoms with Crippen LogP contribution in [-0.4, -0.2) is 0 Å². The fraction of sp³-hybridized carbons (Fsp3) is 0.138. The van der Waals surface area contributed by atoms with Crippen molar-refractivity contribution in [2.45, 2.75) is 52.4 Å². The van der Waals surface area contributed by atoms with Crippen LogP contribution in [0.25, 0.3) is 34.4 Å². The molecule has 0 bridgehead atoms. The van der Waals surface area contributed by atoms with E-state index in [1.54, 1.807) is 0 Å². The van der Waals surface area contributed by atoms with Crippen LogP contribution in [0.5, 0.6) is 0 Å². The predicted octanol–water partition coefficient (Wildman–Crippen LogP) is 16.0. The molecule has 2 aliphatic rings. The Morgan fingerprint density at radius 2 is 0.650 bits per heavy atom. The molecule has 0 spiro atoms. The molecule has 2 heteroatoms. The molecule has 2 aliphatic carbocycles. The average molecular weight is 775 g/mol. The van der Waals surface area contributed by atoms with Crippen molar-refractivity contribution >= 4 is 46.3 Å². The Morgan fingerprint density at radius 1 is 0.317 bits per heavy atom. The number of hydrogen-bond acceptors (Lipinski definition) is 2. The molecule has 0 atom stereocenters. The van der Waals surface area contributed by atoms with Crippen LogP contribution < -0.4 is 9.80 Å². The highest BCUT2D eigenvalue weighted by molar-refractivity contribution is 5.89. The molecular weight excluding hydrogens is 725 g/mol. The molecule has 0 heterocycles. The maximum Gasteiger partial charge on any atom is 0.0465 e. The number of fused-ring (bicyclic) bond motifs is 6. The monoisotopic (exact) mass is 774 g/mol. The molecule has 8 aromatic rings. The highest BCUT2D eigenvalue weighted by Crippen LogP contribution is 2.53. The molecule has 0 aliphatic heterocycles. The van der Waals surface area contributed by atoms with Crippen molar-refractivity contribution in [3.8, 4) is 22.3 Å². The van der Waals surface area contributed by atoms with Gasteiger partial charge in [-0.2, -0.15) is 0 Å². The summed E-state index contributed by atoms with van der Waals surface area (Å²) in [5, 5.41) is 0. The lowest BCUT2D eigenvalue weighted by Crippen LogP contribution is -2.17. The van der Waals surface area contributed by atoms with Gasteiger partial charge >= 0.3 is 0 Å². The zero-order chi connectivity index (χ0) is 41.2. The van der Waals surface area contributed by atoms with E-state index in [-0.39, 0.29) is 10.8 Å². The Balaban J connectivity index is 0.945. The third-order valence-corrected chi connectivity index (χ3v) is 12.9. The van der Waals surface area contributed by atoms with E-state index in [0.29, 0.717) is 0 Å². The van der Waals surface area contributed by atoms with Gasteiger partial charge in [-0.1, -0.05) is 149 Å². The number of benzene rings is 8. The van der Waals surface area contributed by atoms with Crippen LogP contribution in [-0.2, 0) is 10.8 Å². The molecule has 0 radical (unpaired) electrons. The fourth-order valence-electron chi connectivity index (χ4n) is 9.75. The summed E-state index contributed by atoms with van der Waals surface area (Å²) in [7, 11) is 0. The van der Waals surface area contributed by atoms with Crippen molar-refractivity contribution in [1.82, 2.24) is 0 Å². The van der Waals surface area contributed by atoms with Crippen molar-refractivity contribution in [2.75, 3.05) is 9.80 Å². The summed E-state index contributed by atoms with van der Waals surface area (Å²) in [6.07, 6.45) is 4.57. The van der Waals surface area contributed by atoms with Crippen LogP contribution in [0.15, 0.2) is 182 Å². The zero-order valence-corrected chi connectivity index (χ0v) is 35.4. The predicted molar refractivity (Wildman–Crippen MR) is 256 cm³/mol. The van der Waals surface area contributed by atoms with Crippen molar-refractivity contribution in [2.24, 2.45) is 0 Å². The number of aryl methyl sites for hydroxylation is 2. The number of rotatable bonds is 8. The number of para-hydroxylation sites is 2. The van der Waals surface area contributed by atoms with Crippen molar-refractivity contribution in [3.05, 3.63) is 226 Å². The van der Waals surface area contributed by atoms with Gasteiger partial charge in [0.05, 0.1) is 0 Å². The van der Waals surface area contributed by atoms with Gasteiger partial charge in [-0.05, 0) is 153 Å². The first-order valence-electron chi connectivity index (χ1n) is 21.2. The second-order valence-electron chi connectivity index (χ2n) is 17.7. The zero-order valence-electron chi connectivity index (χ0n) is 35.4. The van der Waals surface area contributed by atoms with Gasteiger partial charge in [-0.25, -0.2) is 0 Å². The Bertz CT molecular complexity index is 2870. The van der Waals surface area contributed by atoms with Gasteiger partial charge in [0.15, 0.2) is 0 Å². The molecule has 8 aromatic carbocycles. The maximum absolute atomic E-state index is 2.42. The molecule has 0 aromatic heterocycles. The summed E-state index contributed by atoms with van der Waals surface area (Å²) in [5.74, 6) is 0. The van der Waals surface area contributed by atoms with Crippen LogP contribution in [0, 0.1) is 13.8 Å². The van der Waals surface area contributed by atoms with Crippen molar-refractivity contribution < 1.29 is 0 Å². The maximum atomic E-state index is 2.42. The average Bonchev–Trinajstić information content (AvgIpc) is 3.62. The van der Waals surface area contributed by atoms with Gasteiger partial charge in [-0.15, -0.1) is 0 Å². The molecule has 60 heavy (non-hydrogen) atoms. The Kier molecular flexibility index (Phi) is 8.99. The Labute approximate surface area is 355 Å². The van der Waals surface area contributed by atoms with E-state index in [9.17, 15) is 0 Å². The van der Waals surface area contributed by atoms with Gasteiger partial charge < -0.3 is 9.80 Å². The SMILES string of the molecule is Cc1cccc(N(c2cccc(C)c2)c2ccc3c(c2)C(C)(C)c2cc(C=Cc4ccc5c(c4)C(C)(C)c4cc(N(c6ccccc6)c6ccccc6)ccc4-5)ccc2-3)c1.